The first-order valence-corrected chi connectivity index (χ1v) is 10.4. The van der Waals surface area contributed by atoms with Crippen molar-refractivity contribution in [1.82, 2.24) is 21.3 Å². The number of nitrogens with two attached hydrogens (primary N) is 1. The molecule has 164 valence electrons. The summed E-state index contributed by atoms with van der Waals surface area (Å²) in [6.07, 6.45) is -0.0549. The number of benzene rings is 1. The molecule has 1 atom stereocenters. The average Bonchev–Trinajstić information content (AvgIpc) is 2.69. The van der Waals surface area contributed by atoms with E-state index in [4.69, 9.17) is 5.73 Å². The molecule has 0 aliphatic carbocycles. The number of thioether (sulfide) groups is 1. The van der Waals surface area contributed by atoms with Gasteiger partial charge in [0.1, 0.15) is 6.04 Å². The van der Waals surface area contributed by atoms with Gasteiger partial charge in [-0.3, -0.25) is 24.0 Å². The van der Waals surface area contributed by atoms with Crippen LogP contribution in [0.4, 0.5) is 0 Å². The van der Waals surface area contributed by atoms with E-state index in [0.29, 0.717) is 0 Å². The molecule has 6 N–H and O–H groups in total. The Balaban J connectivity index is 2.45. The van der Waals surface area contributed by atoms with Gasteiger partial charge in [-0.15, -0.1) is 11.8 Å². The summed E-state index contributed by atoms with van der Waals surface area (Å²) in [6.45, 7) is -0.216. The molecule has 10 nitrogen and oxygen atoms in total. The molecule has 4 amide bonds. The fourth-order valence-electron chi connectivity index (χ4n) is 2.36. The molecular weight excluding hydrogens is 410 g/mol. The molecule has 0 aliphatic rings. The van der Waals surface area contributed by atoms with Crippen molar-refractivity contribution in [2.75, 3.05) is 31.8 Å². The number of amides is 4. The van der Waals surface area contributed by atoms with Crippen LogP contribution in [0.3, 0.4) is 0 Å². The lowest BCUT2D eigenvalue weighted by Crippen LogP contribution is -2.51. The maximum absolute atomic E-state index is 12.5. The van der Waals surface area contributed by atoms with Gasteiger partial charge in [-0.1, -0.05) is 30.3 Å². The summed E-state index contributed by atoms with van der Waals surface area (Å²) >= 11 is 1.12. The molecular formula is C19H27N5O5S. The normalized spacial score (nSPS) is 11.2. The fourth-order valence-corrected chi connectivity index (χ4v) is 3.05. The van der Waals surface area contributed by atoms with Gasteiger partial charge in [0.2, 0.25) is 23.6 Å². The average molecular weight is 438 g/mol. The maximum atomic E-state index is 12.5. The van der Waals surface area contributed by atoms with Gasteiger partial charge in [0.05, 0.1) is 31.1 Å². The molecule has 0 saturated heterocycles. The molecule has 0 aromatic heterocycles. The van der Waals surface area contributed by atoms with Crippen molar-refractivity contribution in [3.8, 4) is 0 Å². The zero-order valence-corrected chi connectivity index (χ0v) is 17.6. The van der Waals surface area contributed by atoms with Crippen LogP contribution in [-0.4, -0.2) is 67.2 Å². The lowest BCUT2D eigenvalue weighted by Gasteiger charge is -2.18. The minimum absolute atomic E-state index is 0.0478. The highest BCUT2D eigenvalue weighted by Crippen LogP contribution is 2.04. The van der Waals surface area contributed by atoms with Crippen molar-refractivity contribution < 1.29 is 24.0 Å². The monoisotopic (exact) mass is 437 g/mol. The molecule has 1 rings (SSSR count). The van der Waals surface area contributed by atoms with E-state index in [9.17, 15) is 24.0 Å². The predicted molar refractivity (Wildman–Crippen MR) is 113 cm³/mol. The SMILES string of the molecule is CNCC(=O)NC(Cc1ccccc1)C(=O)NCC(=O)NCSCC(=O)CC(N)=O. The van der Waals surface area contributed by atoms with Crippen LogP contribution in [0.2, 0.25) is 0 Å². The number of rotatable bonds is 14. The number of Topliss-reactive ketones (excluding diaryl/α,β-unsaturated/α-hetero) is 1. The van der Waals surface area contributed by atoms with Gasteiger partial charge in [0.25, 0.3) is 0 Å². The van der Waals surface area contributed by atoms with Crippen LogP contribution in [0.25, 0.3) is 0 Å². The highest BCUT2D eigenvalue weighted by atomic mass is 32.2. The van der Waals surface area contributed by atoms with Gasteiger partial charge < -0.3 is 27.0 Å². The van der Waals surface area contributed by atoms with E-state index in [1.165, 1.54) is 0 Å². The molecule has 0 saturated carbocycles. The van der Waals surface area contributed by atoms with E-state index < -0.39 is 23.8 Å². The number of ketones is 1. The number of hydrogen-bond acceptors (Lipinski definition) is 7. The Morgan fingerprint density at radius 3 is 2.33 bits per heavy atom. The van der Waals surface area contributed by atoms with Crippen LogP contribution in [0.15, 0.2) is 30.3 Å². The summed E-state index contributed by atoms with van der Waals surface area (Å²) in [7, 11) is 1.62. The third kappa shape index (κ3) is 11.2. The summed E-state index contributed by atoms with van der Waals surface area (Å²) in [5.41, 5.74) is 5.79. The van der Waals surface area contributed by atoms with Crippen LogP contribution in [-0.2, 0) is 30.4 Å². The Morgan fingerprint density at radius 2 is 1.70 bits per heavy atom. The lowest BCUT2D eigenvalue weighted by molar-refractivity contribution is -0.130. The van der Waals surface area contributed by atoms with E-state index >= 15 is 0 Å². The second-order valence-electron chi connectivity index (χ2n) is 6.33. The van der Waals surface area contributed by atoms with Gasteiger partial charge in [0, 0.05) is 6.42 Å². The van der Waals surface area contributed by atoms with Crippen molar-refractivity contribution in [3.63, 3.8) is 0 Å². The van der Waals surface area contributed by atoms with E-state index in [1.807, 2.05) is 30.3 Å². The largest absolute Gasteiger partial charge is 0.369 e. The summed E-state index contributed by atoms with van der Waals surface area (Å²) in [5.74, 6) is -2.09. The Hall–Kier alpha value is -2.92. The van der Waals surface area contributed by atoms with Gasteiger partial charge in [0.15, 0.2) is 5.78 Å². The highest BCUT2D eigenvalue weighted by molar-refractivity contribution is 7.99. The Kier molecular flexibility index (Phi) is 11.8. The molecule has 0 heterocycles. The van der Waals surface area contributed by atoms with Crippen molar-refractivity contribution in [2.24, 2.45) is 5.73 Å². The van der Waals surface area contributed by atoms with Crippen molar-refractivity contribution in [1.29, 1.82) is 0 Å². The summed E-state index contributed by atoms with van der Waals surface area (Å²) in [6, 6.07) is 8.36. The summed E-state index contributed by atoms with van der Waals surface area (Å²) < 4.78 is 0. The van der Waals surface area contributed by atoms with Crippen molar-refractivity contribution in [3.05, 3.63) is 35.9 Å². The predicted octanol–water partition coefficient (Wildman–Crippen LogP) is -1.70. The Labute approximate surface area is 179 Å². The molecule has 0 spiro atoms. The van der Waals surface area contributed by atoms with Crippen LogP contribution in [0.1, 0.15) is 12.0 Å². The van der Waals surface area contributed by atoms with Crippen molar-refractivity contribution in [2.45, 2.75) is 18.9 Å². The second kappa shape index (κ2) is 14.1. The minimum Gasteiger partial charge on any atom is -0.369 e. The van der Waals surface area contributed by atoms with Crippen LogP contribution >= 0.6 is 11.8 Å². The highest BCUT2D eigenvalue weighted by Gasteiger charge is 2.21. The quantitative estimate of drug-likeness (QED) is 0.132. The Bertz CT molecular complexity index is 744. The molecule has 1 aromatic rings. The molecule has 30 heavy (non-hydrogen) atoms. The van der Waals surface area contributed by atoms with E-state index in [1.54, 1.807) is 7.05 Å². The third-order valence-corrected chi connectivity index (χ3v) is 4.58. The molecule has 1 unspecified atom stereocenters. The van der Waals surface area contributed by atoms with Crippen molar-refractivity contribution >= 4 is 41.2 Å². The second-order valence-corrected chi connectivity index (χ2v) is 7.32. The molecule has 0 bridgehead atoms. The zero-order chi connectivity index (χ0) is 22.4. The van der Waals surface area contributed by atoms with Gasteiger partial charge in [-0.05, 0) is 12.6 Å². The van der Waals surface area contributed by atoms with Crippen LogP contribution in [0, 0.1) is 0 Å². The summed E-state index contributed by atoms with van der Waals surface area (Å²) in [4.78, 5) is 58.2. The number of carbonyl (C=O) groups excluding carboxylic acids is 5. The molecule has 0 fully saturated rings. The van der Waals surface area contributed by atoms with Crippen LogP contribution in [0.5, 0.6) is 0 Å². The van der Waals surface area contributed by atoms with E-state index in [2.05, 4.69) is 21.3 Å². The van der Waals surface area contributed by atoms with E-state index in [0.717, 1.165) is 17.3 Å². The number of primary amides is 1. The topological polar surface area (TPSA) is 159 Å². The maximum Gasteiger partial charge on any atom is 0.243 e. The first-order chi connectivity index (χ1) is 14.3. The minimum atomic E-state index is -0.832. The molecule has 1 aromatic carbocycles. The number of hydrogen-bond donors (Lipinski definition) is 5. The third-order valence-electron chi connectivity index (χ3n) is 3.70. The first kappa shape index (κ1) is 25.1. The van der Waals surface area contributed by atoms with Gasteiger partial charge >= 0.3 is 0 Å². The number of carbonyl (C=O) groups is 5. The zero-order valence-electron chi connectivity index (χ0n) is 16.7. The lowest BCUT2D eigenvalue weighted by atomic mass is 10.1. The number of nitrogens with one attached hydrogen (secondary N) is 4. The van der Waals surface area contributed by atoms with Gasteiger partial charge in [-0.25, -0.2) is 0 Å². The summed E-state index contributed by atoms with van der Waals surface area (Å²) in [5, 5.41) is 10.4. The standard InChI is InChI=1S/C19H27N5O5S/c1-21-9-18(28)24-15(7-13-5-3-2-4-6-13)19(29)22-10-17(27)23-12-30-11-14(25)8-16(20)26/h2-6,15,21H,7-12H2,1H3,(H2,20,26)(H,22,29)(H,23,27)(H,24,28). The Morgan fingerprint density at radius 1 is 1.00 bits per heavy atom. The fraction of sp³-hybridized carbons (Fsp3) is 0.421. The molecule has 0 aliphatic heterocycles. The van der Waals surface area contributed by atoms with Gasteiger partial charge in [-0.2, -0.15) is 0 Å². The first-order valence-electron chi connectivity index (χ1n) is 9.21. The van der Waals surface area contributed by atoms with Crippen LogP contribution < -0.4 is 27.0 Å². The van der Waals surface area contributed by atoms with E-state index in [-0.39, 0.29) is 49.3 Å². The smallest absolute Gasteiger partial charge is 0.243 e. The number of likely N-dealkylation sites (N-methyl/N-ethyl adjacent to an activating group) is 1. The molecule has 0 radical (unpaired) electrons. The molecule has 11 heteroatoms.